The summed E-state index contributed by atoms with van der Waals surface area (Å²) in [5.41, 5.74) is -0.704. The fraction of sp³-hybridized carbons (Fsp3) is 0.423. The summed E-state index contributed by atoms with van der Waals surface area (Å²) in [7, 11) is 3.21. The molecular weight excluding hydrogens is 507 g/mol. The van der Waals surface area contributed by atoms with Crippen molar-refractivity contribution in [1.29, 1.82) is 0 Å². The minimum atomic E-state index is -4.69. The summed E-state index contributed by atoms with van der Waals surface area (Å²) in [5.74, 6) is -1.41. The number of nitrogens with zero attached hydrogens (tertiary/aromatic N) is 4. The molecule has 1 saturated heterocycles. The Morgan fingerprint density at radius 1 is 1.24 bits per heavy atom. The molecule has 0 radical (unpaired) electrons. The standard InChI is InChI=1S/C26H29F5N6O/c1-15(26(29,30)31)23-17-7-4-8-21(35-22-9-11-36(2)14-20(22)27)18(17)12-16(34-23)6-5-10-32-25(38)19-13-33-37(3)24(19)28/h4,7-8,12-13,20,22,35H,1,5-6,9-11,14H2,2-3H3,(H,32,38)/t20?,22-/m1/s1. The first kappa shape index (κ1) is 27.5. The molecule has 1 amide bonds. The van der Waals surface area contributed by atoms with E-state index >= 15 is 0 Å². The van der Waals surface area contributed by atoms with Crippen LogP contribution in [0.3, 0.4) is 0 Å². The van der Waals surface area contributed by atoms with E-state index in [0.717, 1.165) is 10.9 Å². The number of alkyl halides is 4. The monoisotopic (exact) mass is 536 g/mol. The molecule has 12 heteroatoms. The molecule has 204 valence electrons. The Kier molecular flexibility index (Phi) is 8.00. The van der Waals surface area contributed by atoms with Crippen molar-refractivity contribution in [3.63, 3.8) is 0 Å². The molecule has 2 atom stereocenters. The number of amides is 1. The number of aromatic nitrogens is 3. The van der Waals surface area contributed by atoms with Crippen molar-refractivity contribution < 1.29 is 26.7 Å². The van der Waals surface area contributed by atoms with Crippen molar-refractivity contribution in [2.24, 2.45) is 7.05 Å². The van der Waals surface area contributed by atoms with Gasteiger partial charge in [-0.1, -0.05) is 18.7 Å². The van der Waals surface area contributed by atoms with E-state index in [0.29, 0.717) is 36.2 Å². The van der Waals surface area contributed by atoms with Crippen molar-refractivity contribution >= 4 is 27.9 Å². The fourth-order valence-electron chi connectivity index (χ4n) is 4.51. The Balaban J connectivity index is 1.57. The highest BCUT2D eigenvalue weighted by molar-refractivity contribution is 6.00. The van der Waals surface area contributed by atoms with Crippen molar-refractivity contribution in [3.8, 4) is 0 Å². The first-order valence-corrected chi connectivity index (χ1v) is 12.2. The summed E-state index contributed by atoms with van der Waals surface area (Å²) in [5, 5.41) is 10.2. The van der Waals surface area contributed by atoms with Crippen molar-refractivity contribution in [2.45, 2.75) is 37.7 Å². The lowest BCUT2D eigenvalue weighted by molar-refractivity contribution is -0.0688. The summed E-state index contributed by atoms with van der Waals surface area (Å²) >= 11 is 0. The van der Waals surface area contributed by atoms with Crippen LogP contribution in [-0.4, -0.2) is 70.6 Å². The van der Waals surface area contributed by atoms with E-state index in [2.05, 4.69) is 27.3 Å². The molecule has 1 aromatic carbocycles. The smallest absolute Gasteiger partial charge is 0.379 e. The number of pyridine rings is 1. The van der Waals surface area contributed by atoms with Gasteiger partial charge in [-0.05, 0) is 38.4 Å². The number of anilines is 1. The maximum Gasteiger partial charge on any atom is 0.417 e. The number of aryl methyl sites for hydroxylation is 2. The molecule has 0 aliphatic carbocycles. The van der Waals surface area contributed by atoms with Gasteiger partial charge in [0.1, 0.15) is 11.7 Å². The Morgan fingerprint density at radius 3 is 2.66 bits per heavy atom. The molecule has 2 N–H and O–H groups in total. The van der Waals surface area contributed by atoms with Gasteiger partial charge >= 0.3 is 6.18 Å². The van der Waals surface area contributed by atoms with Gasteiger partial charge in [-0.15, -0.1) is 0 Å². The number of hydrogen-bond acceptors (Lipinski definition) is 5. The number of carbonyl (C=O) groups is 1. The highest BCUT2D eigenvalue weighted by Crippen LogP contribution is 2.37. The van der Waals surface area contributed by atoms with Crippen LogP contribution in [-0.2, 0) is 13.5 Å². The summed E-state index contributed by atoms with van der Waals surface area (Å²) in [6.07, 6.45) is -3.60. The third kappa shape index (κ3) is 5.95. The third-order valence-corrected chi connectivity index (χ3v) is 6.65. The minimum Gasteiger partial charge on any atom is -0.379 e. The zero-order valence-electron chi connectivity index (χ0n) is 21.1. The second-order valence-electron chi connectivity index (χ2n) is 9.49. The highest BCUT2D eigenvalue weighted by atomic mass is 19.4. The SMILES string of the molecule is C=C(c1nc(CCCNC(=O)c2cnn(C)c2F)cc2c(N[C@@H]3CCN(C)CC3F)cccc12)C(F)(F)F. The Labute approximate surface area is 216 Å². The summed E-state index contributed by atoms with van der Waals surface area (Å²) in [4.78, 5) is 18.3. The molecule has 7 nitrogen and oxygen atoms in total. The molecule has 1 fully saturated rings. The van der Waals surface area contributed by atoms with E-state index in [1.807, 2.05) is 11.9 Å². The van der Waals surface area contributed by atoms with Crippen LogP contribution < -0.4 is 10.6 Å². The van der Waals surface area contributed by atoms with Crippen LogP contribution in [0.5, 0.6) is 0 Å². The molecule has 1 aliphatic heterocycles. The average molecular weight is 537 g/mol. The number of likely N-dealkylation sites (tertiary alicyclic amines) is 1. The molecule has 38 heavy (non-hydrogen) atoms. The zero-order chi connectivity index (χ0) is 27.6. The van der Waals surface area contributed by atoms with E-state index in [9.17, 15) is 26.7 Å². The second kappa shape index (κ2) is 11.1. The third-order valence-electron chi connectivity index (χ3n) is 6.65. The van der Waals surface area contributed by atoms with E-state index < -0.39 is 35.8 Å². The predicted molar refractivity (Wildman–Crippen MR) is 135 cm³/mol. The van der Waals surface area contributed by atoms with Crippen LogP contribution >= 0.6 is 0 Å². The second-order valence-corrected chi connectivity index (χ2v) is 9.49. The molecule has 0 spiro atoms. The van der Waals surface area contributed by atoms with Crippen LogP contribution in [0.2, 0.25) is 0 Å². The van der Waals surface area contributed by atoms with Crippen LogP contribution in [0, 0.1) is 5.95 Å². The summed E-state index contributed by atoms with van der Waals surface area (Å²) in [6.45, 7) is 4.34. The number of piperidine rings is 1. The minimum absolute atomic E-state index is 0.140. The van der Waals surface area contributed by atoms with E-state index in [1.54, 1.807) is 18.2 Å². The molecule has 3 heterocycles. The van der Waals surface area contributed by atoms with Crippen LogP contribution in [0.15, 0.2) is 37.0 Å². The van der Waals surface area contributed by atoms with E-state index in [1.165, 1.54) is 13.1 Å². The quantitative estimate of drug-likeness (QED) is 0.328. The number of halogens is 5. The molecular formula is C26H29F5N6O. The number of nitrogens with one attached hydrogen (secondary N) is 2. The van der Waals surface area contributed by atoms with E-state index in [-0.39, 0.29) is 36.2 Å². The number of carbonyl (C=O) groups excluding carboxylic acids is 1. The van der Waals surface area contributed by atoms with Gasteiger partial charge in [0.15, 0.2) is 0 Å². The molecule has 1 unspecified atom stereocenters. The Morgan fingerprint density at radius 2 is 2.00 bits per heavy atom. The fourth-order valence-corrected chi connectivity index (χ4v) is 4.51. The van der Waals surface area contributed by atoms with Gasteiger partial charge in [0, 0.05) is 48.8 Å². The van der Waals surface area contributed by atoms with Gasteiger partial charge in [0.05, 0.1) is 23.5 Å². The molecule has 2 aromatic heterocycles. The van der Waals surface area contributed by atoms with Gasteiger partial charge in [0.2, 0.25) is 5.95 Å². The molecule has 3 aromatic rings. The molecule has 0 saturated carbocycles. The van der Waals surface area contributed by atoms with Crippen molar-refractivity contribution in [1.82, 2.24) is 25.0 Å². The predicted octanol–water partition coefficient (Wildman–Crippen LogP) is 4.50. The van der Waals surface area contributed by atoms with Crippen LogP contribution in [0.25, 0.3) is 16.3 Å². The number of hydrogen-bond donors (Lipinski definition) is 2. The normalized spacial score (nSPS) is 18.5. The number of fused-ring (bicyclic) bond motifs is 1. The average Bonchev–Trinajstić information content (AvgIpc) is 3.20. The van der Waals surface area contributed by atoms with Crippen molar-refractivity contribution in [2.75, 3.05) is 32.0 Å². The lowest BCUT2D eigenvalue weighted by Gasteiger charge is -2.33. The molecule has 1 aliphatic rings. The lowest BCUT2D eigenvalue weighted by atomic mass is 9.99. The maximum absolute atomic E-state index is 14.7. The maximum atomic E-state index is 14.7. The largest absolute Gasteiger partial charge is 0.417 e. The Bertz CT molecular complexity index is 1340. The summed E-state index contributed by atoms with van der Waals surface area (Å²) < 4.78 is 70.5. The lowest BCUT2D eigenvalue weighted by Crippen LogP contribution is -2.46. The highest BCUT2D eigenvalue weighted by Gasteiger charge is 2.35. The van der Waals surface area contributed by atoms with Crippen LogP contribution in [0.1, 0.15) is 34.6 Å². The van der Waals surface area contributed by atoms with Crippen molar-refractivity contribution in [3.05, 3.63) is 59.9 Å². The number of rotatable bonds is 8. The topological polar surface area (TPSA) is 75.1 Å². The van der Waals surface area contributed by atoms with E-state index in [4.69, 9.17) is 0 Å². The van der Waals surface area contributed by atoms with Gasteiger partial charge in [-0.3, -0.25) is 9.78 Å². The first-order chi connectivity index (χ1) is 18.0. The first-order valence-electron chi connectivity index (χ1n) is 12.2. The van der Waals surface area contributed by atoms with Gasteiger partial charge in [-0.2, -0.15) is 22.7 Å². The molecule has 4 rings (SSSR count). The molecule has 0 bridgehead atoms. The number of benzene rings is 1. The summed E-state index contributed by atoms with van der Waals surface area (Å²) in [6, 6.07) is 6.04. The Hall–Kier alpha value is -3.54. The van der Waals surface area contributed by atoms with Gasteiger partial charge in [-0.25, -0.2) is 9.07 Å². The van der Waals surface area contributed by atoms with Crippen LogP contribution in [0.4, 0.5) is 27.6 Å². The number of allylic oxidation sites excluding steroid dienone is 1. The van der Waals surface area contributed by atoms with Gasteiger partial charge < -0.3 is 15.5 Å². The zero-order valence-corrected chi connectivity index (χ0v) is 21.1. The van der Waals surface area contributed by atoms with Gasteiger partial charge in [0.25, 0.3) is 5.91 Å².